The summed E-state index contributed by atoms with van der Waals surface area (Å²) in [5.41, 5.74) is 1.36. The molecule has 0 radical (unpaired) electrons. The molecule has 1 aliphatic rings. The second-order valence-corrected chi connectivity index (χ2v) is 4.61. The van der Waals surface area contributed by atoms with E-state index in [0.717, 1.165) is 0 Å². The lowest BCUT2D eigenvalue weighted by molar-refractivity contribution is -0.131. The van der Waals surface area contributed by atoms with E-state index in [2.05, 4.69) is 0 Å². The van der Waals surface area contributed by atoms with Gasteiger partial charge in [-0.15, -0.1) is 0 Å². The Balaban J connectivity index is 2.10. The van der Waals surface area contributed by atoms with Crippen molar-refractivity contribution in [3.8, 4) is 6.07 Å². The van der Waals surface area contributed by atoms with E-state index in [1.165, 1.54) is 18.2 Å². The van der Waals surface area contributed by atoms with Gasteiger partial charge in [-0.25, -0.2) is 4.39 Å². The molecule has 1 fully saturated rings. The number of benzene rings is 1. The fourth-order valence-electron chi connectivity index (χ4n) is 2.02. The maximum absolute atomic E-state index is 13.1. The number of halogens is 1. The number of amides is 1. The lowest BCUT2D eigenvalue weighted by Gasteiger charge is -2.29. The summed E-state index contributed by atoms with van der Waals surface area (Å²) in [5.74, 6) is -0.520. The number of allylic oxidation sites excluding steroid dienone is 1. The maximum Gasteiger partial charge on any atom is 0.247 e. The average Bonchev–Trinajstić information content (AvgIpc) is 2.47. The summed E-state index contributed by atoms with van der Waals surface area (Å²) in [5, 5.41) is 8.81. The lowest BCUT2D eigenvalue weighted by atomic mass is 10.1. The SMILES string of the molecule is C/C(=C\C(=O)N1CCO[C@H](C#N)C1)c1cccc(F)c1. The van der Waals surface area contributed by atoms with Crippen molar-refractivity contribution in [2.75, 3.05) is 19.7 Å². The minimum atomic E-state index is -0.574. The largest absolute Gasteiger partial charge is 0.360 e. The van der Waals surface area contributed by atoms with E-state index in [0.29, 0.717) is 24.3 Å². The number of carbonyl (C=O) groups excluding carboxylic acids is 1. The van der Waals surface area contributed by atoms with Crippen LogP contribution in [-0.4, -0.2) is 36.6 Å². The molecule has 1 aliphatic heterocycles. The van der Waals surface area contributed by atoms with Gasteiger partial charge >= 0.3 is 0 Å². The van der Waals surface area contributed by atoms with Crippen molar-refractivity contribution < 1.29 is 13.9 Å². The molecule has 1 aromatic carbocycles. The number of carbonyl (C=O) groups is 1. The van der Waals surface area contributed by atoms with Gasteiger partial charge in [0.25, 0.3) is 0 Å². The fraction of sp³-hybridized carbons (Fsp3) is 0.333. The Morgan fingerprint density at radius 3 is 3.10 bits per heavy atom. The van der Waals surface area contributed by atoms with Gasteiger partial charge < -0.3 is 9.64 Å². The molecule has 1 aromatic rings. The van der Waals surface area contributed by atoms with Crippen LogP contribution in [0.3, 0.4) is 0 Å². The molecular weight excluding hydrogens is 259 g/mol. The molecule has 0 aromatic heterocycles. The van der Waals surface area contributed by atoms with E-state index < -0.39 is 6.10 Å². The summed E-state index contributed by atoms with van der Waals surface area (Å²) in [6.07, 6.45) is 0.893. The molecule has 5 heteroatoms. The Labute approximate surface area is 117 Å². The Kier molecular flexibility index (Phi) is 4.49. The summed E-state index contributed by atoms with van der Waals surface area (Å²) >= 11 is 0. The molecule has 0 N–H and O–H groups in total. The highest BCUT2D eigenvalue weighted by atomic mass is 19.1. The molecule has 0 bridgehead atoms. The number of hydrogen-bond donors (Lipinski definition) is 0. The first-order valence-electron chi connectivity index (χ1n) is 6.34. The van der Waals surface area contributed by atoms with Crippen molar-refractivity contribution in [1.82, 2.24) is 4.90 Å². The molecule has 2 rings (SSSR count). The summed E-state index contributed by atoms with van der Waals surface area (Å²) < 4.78 is 18.3. The number of nitrogens with zero attached hydrogens (tertiary/aromatic N) is 2. The van der Waals surface area contributed by atoms with Crippen molar-refractivity contribution in [2.45, 2.75) is 13.0 Å². The predicted molar refractivity (Wildman–Crippen MR) is 72.0 cm³/mol. The van der Waals surface area contributed by atoms with Crippen LogP contribution in [0.5, 0.6) is 0 Å². The number of nitriles is 1. The molecule has 0 aliphatic carbocycles. The van der Waals surface area contributed by atoms with Crippen LogP contribution >= 0.6 is 0 Å². The Morgan fingerprint density at radius 1 is 1.60 bits per heavy atom. The zero-order chi connectivity index (χ0) is 14.5. The maximum atomic E-state index is 13.1. The van der Waals surface area contributed by atoms with Gasteiger partial charge in [-0.3, -0.25) is 4.79 Å². The van der Waals surface area contributed by atoms with Crippen LogP contribution in [-0.2, 0) is 9.53 Å². The quantitative estimate of drug-likeness (QED) is 0.775. The first kappa shape index (κ1) is 14.2. The summed E-state index contributed by atoms with van der Waals surface area (Å²) in [7, 11) is 0. The van der Waals surface area contributed by atoms with Crippen LogP contribution in [0.25, 0.3) is 5.57 Å². The van der Waals surface area contributed by atoms with Crippen LogP contribution in [0, 0.1) is 17.1 Å². The van der Waals surface area contributed by atoms with Crippen LogP contribution < -0.4 is 0 Å². The highest BCUT2D eigenvalue weighted by Gasteiger charge is 2.22. The van der Waals surface area contributed by atoms with E-state index in [4.69, 9.17) is 10.00 Å². The van der Waals surface area contributed by atoms with Crippen LogP contribution in [0.2, 0.25) is 0 Å². The lowest BCUT2D eigenvalue weighted by Crippen LogP contribution is -2.44. The van der Waals surface area contributed by atoms with Crippen molar-refractivity contribution in [2.24, 2.45) is 0 Å². The Hall–Kier alpha value is -2.19. The molecule has 1 saturated heterocycles. The normalized spacial score (nSPS) is 19.6. The van der Waals surface area contributed by atoms with Crippen molar-refractivity contribution >= 4 is 11.5 Å². The van der Waals surface area contributed by atoms with Gasteiger partial charge in [0, 0.05) is 12.6 Å². The predicted octanol–water partition coefficient (Wildman–Crippen LogP) is 1.98. The van der Waals surface area contributed by atoms with Gasteiger partial charge in [0.2, 0.25) is 5.91 Å². The Bertz CT molecular complexity index is 577. The molecular formula is C15H15FN2O2. The van der Waals surface area contributed by atoms with E-state index in [9.17, 15) is 9.18 Å². The first-order valence-corrected chi connectivity index (χ1v) is 6.34. The van der Waals surface area contributed by atoms with Crippen LogP contribution in [0.1, 0.15) is 12.5 Å². The van der Waals surface area contributed by atoms with Crippen LogP contribution in [0.15, 0.2) is 30.3 Å². The highest BCUT2D eigenvalue weighted by Crippen LogP contribution is 2.16. The average molecular weight is 274 g/mol. The first-order chi connectivity index (χ1) is 9.60. The summed E-state index contributed by atoms with van der Waals surface area (Å²) in [6, 6.07) is 8.09. The second kappa shape index (κ2) is 6.31. The minimum Gasteiger partial charge on any atom is -0.360 e. The van der Waals surface area contributed by atoms with Gasteiger partial charge in [-0.2, -0.15) is 5.26 Å². The molecule has 20 heavy (non-hydrogen) atoms. The van der Waals surface area contributed by atoms with Gasteiger partial charge in [-0.05, 0) is 30.2 Å². The smallest absolute Gasteiger partial charge is 0.247 e. The van der Waals surface area contributed by atoms with Gasteiger partial charge in [0.1, 0.15) is 5.82 Å². The molecule has 104 valence electrons. The molecule has 0 spiro atoms. The monoisotopic (exact) mass is 274 g/mol. The standard InChI is InChI=1S/C15H15FN2O2/c1-11(12-3-2-4-13(16)8-12)7-15(19)18-5-6-20-14(9-17)10-18/h2-4,7-8,14H,5-6,10H2,1H3/b11-7+/t14-/m1/s1. The number of ether oxygens (including phenoxy) is 1. The van der Waals surface area contributed by atoms with Crippen LogP contribution in [0.4, 0.5) is 4.39 Å². The molecule has 1 heterocycles. The topological polar surface area (TPSA) is 53.3 Å². The third-order valence-electron chi connectivity index (χ3n) is 3.14. The van der Waals surface area contributed by atoms with E-state index in [1.807, 2.05) is 6.07 Å². The van der Waals surface area contributed by atoms with Gasteiger partial charge in [0.05, 0.1) is 19.2 Å². The molecule has 0 unspecified atom stereocenters. The van der Waals surface area contributed by atoms with E-state index in [1.54, 1.807) is 24.0 Å². The number of rotatable bonds is 2. The molecule has 1 amide bonds. The minimum absolute atomic E-state index is 0.185. The molecule has 0 saturated carbocycles. The van der Waals surface area contributed by atoms with Gasteiger partial charge in [-0.1, -0.05) is 12.1 Å². The second-order valence-electron chi connectivity index (χ2n) is 4.61. The van der Waals surface area contributed by atoms with E-state index in [-0.39, 0.29) is 18.3 Å². The van der Waals surface area contributed by atoms with Crippen molar-refractivity contribution in [1.29, 1.82) is 5.26 Å². The third-order valence-corrected chi connectivity index (χ3v) is 3.14. The summed E-state index contributed by atoms with van der Waals surface area (Å²) in [4.78, 5) is 13.7. The fourth-order valence-corrected chi connectivity index (χ4v) is 2.02. The third kappa shape index (κ3) is 3.43. The van der Waals surface area contributed by atoms with Crippen molar-refractivity contribution in [3.63, 3.8) is 0 Å². The zero-order valence-corrected chi connectivity index (χ0v) is 11.2. The highest BCUT2D eigenvalue weighted by molar-refractivity contribution is 5.94. The zero-order valence-electron chi connectivity index (χ0n) is 11.2. The van der Waals surface area contributed by atoms with E-state index >= 15 is 0 Å². The molecule has 4 nitrogen and oxygen atoms in total. The van der Waals surface area contributed by atoms with Gasteiger partial charge in [0.15, 0.2) is 6.10 Å². The Morgan fingerprint density at radius 2 is 2.40 bits per heavy atom. The number of hydrogen-bond acceptors (Lipinski definition) is 3. The number of morpholine rings is 1. The van der Waals surface area contributed by atoms with Crippen molar-refractivity contribution in [3.05, 3.63) is 41.7 Å². The molecule has 1 atom stereocenters. The summed E-state index contributed by atoms with van der Waals surface area (Å²) in [6.45, 7) is 2.85.